The van der Waals surface area contributed by atoms with E-state index in [2.05, 4.69) is 29.5 Å². The van der Waals surface area contributed by atoms with E-state index in [9.17, 15) is 4.79 Å². The predicted molar refractivity (Wildman–Crippen MR) is 81.9 cm³/mol. The van der Waals surface area contributed by atoms with Crippen molar-refractivity contribution in [3.8, 4) is 0 Å². The zero-order chi connectivity index (χ0) is 13.3. The molecule has 1 saturated heterocycles. The summed E-state index contributed by atoms with van der Waals surface area (Å²) in [6, 6.07) is 5.44. The molecular formula is C13H16ClIN2O. The largest absolute Gasteiger partial charge is 0.338 e. The molecule has 1 amide bonds. The van der Waals surface area contributed by atoms with E-state index in [1.54, 1.807) is 6.07 Å². The number of nitrogens with two attached hydrogens (primary N) is 1. The lowest BCUT2D eigenvalue weighted by Gasteiger charge is -2.22. The molecule has 5 heteroatoms. The molecule has 1 aliphatic heterocycles. The highest BCUT2D eigenvalue weighted by Gasteiger charge is 2.35. The molecule has 1 fully saturated rings. The zero-order valence-electron chi connectivity index (χ0n) is 10.2. The molecule has 1 aliphatic rings. The van der Waals surface area contributed by atoms with Crippen molar-refractivity contribution in [2.75, 3.05) is 19.6 Å². The first-order chi connectivity index (χ1) is 8.45. The highest BCUT2D eigenvalue weighted by molar-refractivity contribution is 14.1. The Morgan fingerprint density at radius 3 is 2.89 bits per heavy atom. The van der Waals surface area contributed by atoms with E-state index in [0.29, 0.717) is 17.1 Å². The van der Waals surface area contributed by atoms with Crippen LogP contribution in [0.15, 0.2) is 18.2 Å². The van der Waals surface area contributed by atoms with Gasteiger partial charge in [-0.05, 0) is 59.2 Å². The molecule has 1 heterocycles. The minimum Gasteiger partial charge on any atom is -0.338 e. The third-order valence-electron chi connectivity index (χ3n) is 3.50. The monoisotopic (exact) mass is 378 g/mol. The van der Waals surface area contributed by atoms with Gasteiger partial charge in [0.25, 0.3) is 5.91 Å². The van der Waals surface area contributed by atoms with Crippen molar-refractivity contribution >= 4 is 40.1 Å². The summed E-state index contributed by atoms with van der Waals surface area (Å²) in [5.74, 6) is 0.0467. The van der Waals surface area contributed by atoms with Crippen LogP contribution in [0.1, 0.15) is 23.7 Å². The Bertz CT molecular complexity index is 480. The van der Waals surface area contributed by atoms with Crippen LogP contribution in [0.3, 0.4) is 0 Å². The second-order valence-electron chi connectivity index (χ2n) is 5.12. The summed E-state index contributed by atoms with van der Waals surface area (Å²) < 4.78 is 0.957. The smallest absolute Gasteiger partial charge is 0.253 e. The molecule has 2 N–H and O–H groups in total. The Kier molecular flexibility index (Phi) is 4.18. The van der Waals surface area contributed by atoms with Crippen molar-refractivity contribution in [1.82, 2.24) is 4.90 Å². The number of hydrogen-bond acceptors (Lipinski definition) is 2. The lowest BCUT2D eigenvalue weighted by Crippen LogP contribution is -2.34. The fraction of sp³-hybridized carbons (Fsp3) is 0.462. The SMILES string of the molecule is CC1(CN)CCN(C(=O)c2ccc(I)c(Cl)c2)C1. The third kappa shape index (κ3) is 2.81. The van der Waals surface area contributed by atoms with Crippen LogP contribution in [0.4, 0.5) is 0 Å². The average molecular weight is 379 g/mol. The fourth-order valence-corrected chi connectivity index (χ4v) is 2.69. The van der Waals surface area contributed by atoms with Crippen LogP contribution >= 0.6 is 34.2 Å². The summed E-state index contributed by atoms with van der Waals surface area (Å²) in [4.78, 5) is 14.2. The van der Waals surface area contributed by atoms with Crippen molar-refractivity contribution in [2.45, 2.75) is 13.3 Å². The summed E-state index contributed by atoms with van der Waals surface area (Å²) in [6.45, 7) is 4.24. The van der Waals surface area contributed by atoms with Crippen molar-refractivity contribution in [3.05, 3.63) is 32.4 Å². The van der Waals surface area contributed by atoms with Crippen LogP contribution in [0.25, 0.3) is 0 Å². The van der Waals surface area contributed by atoms with Gasteiger partial charge < -0.3 is 10.6 Å². The van der Waals surface area contributed by atoms with Crippen LogP contribution in [-0.2, 0) is 0 Å². The van der Waals surface area contributed by atoms with Crippen molar-refractivity contribution in [1.29, 1.82) is 0 Å². The number of carbonyl (C=O) groups excluding carboxylic acids is 1. The van der Waals surface area contributed by atoms with Crippen LogP contribution < -0.4 is 5.73 Å². The molecule has 1 unspecified atom stereocenters. The quantitative estimate of drug-likeness (QED) is 0.805. The van der Waals surface area contributed by atoms with Gasteiger partial charge in [0.05, 0.1) is 5.02 Å². The maximum absolute atomic E-state index is 12.3. The molecule has 1 aromatic carbocycles. The van der Waals surface area contributed by atoms with Gasteiger partial charge in [0.1, 0.15) is 0 Å². The Labute approximate surface area is 126 Å². The second-order valence-corrected chi connectivity index (χ2v) is 6.69. The number of benzene rings is 1. The molecular weight excluding hydrogens is 363 g/mol. The van der Waals surface area contributed by atoms with E-state index < -0.39 is 0 Å². The summed E-state index contributed by atoms with van der Waals surface area (Å²) in [5.41, 5.74) is 6.47. The summed E-state index contributed by atoms with van der Waals surface area (Å²) in [7, 11) is 0. The number of amides is 1. The minimum absolute atomic E-state index is 0.0467. The average Bonchev–Trinajstić information content (AvgIpc) is 2.75. The van der Waals surface area contributed by atoms with Crippen molar-refractivity contribution in [3.63, 3.8) is 0 Å². The Morgan fingerprint density at radius 1 is 1.61 bits per heavy atom. The zero-order valence-corrected chi connectivity index (χ0v) is 13.2. The second kappa shape index (κ2) is 5.35. The van der Waals surface area contributed by atoms with E-state index in [1.807, 2.05) is 17.0 Å². The molecule has 0 bridgehead atoms. The molecule has 2 rings (SSSR count). The number of likely N-dealkylation sites (tertiary alicyclic amines) is 1. The van der Waals surface area contributed by atoms with Gasteiger partial charge in [-0.25, -0.2) is 0 Å². The molecule has 3 nitrogen and oxygen atoms in total. The molecule has 0 spiro atoms. The first kappa shape index (κ1) is 14.1. The Hall–Kier alpha value is -0.330. The highest BCUT2D eigenvalue weighted by Crippen LogP contribution is 2.30. The first-order valence-corrected chi connectivity index (χ1v) is 7.35. The van der Waals surface area contributed by atoms with Crippen LogP contribution in [0.2, 0.25) is 5.02 Å². The third-order valence-corrected chi connectivity index (χ3v) is 5.08. The molecule has 1 atom stereocenters. The number of hydrogen-bond donors (Lipinski definition) is 1. The van der Waals surface area contributed by atoms with E-state index in [1.165, 1.54) is 0 Å². The van der Waals surface area contributed by atoms with Gasteiger partial charge in [-0.1, -0.05) is 18.5 Å². The Balaban J connectivity index is 2.15. The Morgan fingerprint density at radius 2 is 2.33 bits per heavy atom. The molecule has 1 aromatic rings. The van der Waals surface area contributed by atoms with Gasteiger partial charge in [0, 0.05) is 22.2 Å². The van der Waals surface area contributed by atoms with Crippen LogP contribution in [-0.4, -0.2) is 30.4 Å². The topological polar surface area (TPSA) is 46.3 Å². The van der Waals surface area contributed by atoms with E-state index in [0.717, 1.165) is 23.1 Å². The molecule has 0 radical (unpaired) electrons. The standard InChI is InChI=1S/C13H16ClIN2O/c1-13(7-16)4-5-17(8-13)12(18)9-2-3-11(15)10(14)6-9/h2-3,6H,4-5,7-8,16H2,1H3. The molecule has 98 valence electrons. The molecule has 0 aliphatic carbocycles. The highest BCUT2D eigenvalue weighted by atomic mass is 127. The maximum Gasteiger partial charge on any atom is 0.253 e. The van der Waals surface area contributed by atoms with Gasteiger partial charge in [-0.2, -0.15) is 0 Å². The summed E-state index contributed by atoms with van der Waals surface area (Å²) in [5, 5.41) is 0.627. The number of nitrogens with zero attached hydrogens (tertiary/aromatic N) is 1. The lowest BCUT2D eigenvalue weighted by molar-refractivity contribution is 0.0777. The lowest BCUT2D eigenvalue weighted by atomic mass is 9.90. The maximum atomic E-state index is 12.3. The molecule has 0 aromatic heterocycles. The van der Waals surface area contributed by atoms with Gasteiger partial charge >= 0.3 is 0 Å². The number of halogens is 2. The molecule has 18 heavy (non-hydrogen) atoms. The van der Waals surface area contributed by atoms with Gasteiger partial charge in [0.15, 0.2) is 0 Å². The van der Waals surface area contributed by atoms with Crippen LogP contribution in [0, 0.1) is 8.99 Å². The van der Waals surface area contributed by atoms with Crippen LogP contribution in [0.5, 0.6) is 0 Å². The van der Waals surface area contributed by atoms with Crippen molar-refractivity contribution in [2.24, 2.45) is 11.1 Å². The fourth-order valence-electron chi connectivity index (χ4n) is 2.18. The van der Waals surface area contributed by atoms with Gasteiger partial charge in [-0.15, -0.1) is 0 Å². The van der Waals surface area contributed by atoms with Gasteiger partial charge in [0.2, 0.25) is 0 Å². The van der Waals surface area contributed by atoms with Crippen molar-refractivity contribution < 1.29 is 4.79 Å². The summed E-state index contributed by atoms with van der Waals surface area (Å²) in [6.07, 6.45) is 0.966. The predicted octanol–water partition coefficient (Wildman–Crippen LogP) is 2.76. The van der Waals surface area contributed by atoms with E-state index in [-0.39, 0.29) is 11.3 Å². The summed E-state index contributed by atoms with van der Waals surface area (Å²) >= 11 is 8.20. The first-order valence-electron chi connectivity index (χ1n) is 5.90. The van der Waals surface area contributed by atoms with E-state index >= 15 is 0 Å². The number of rotatable bonds is 2. The molecule has 0 saturated carbocycles. The minimum atomic E-state index is 0.0467. The van der Waals surface area contributed by atoms with Gasteiger partial charge in [-0.3, -0.25) is 4.79 Å². The van der Waals surface area contributed by atoms with E-state index in [4.69, 9.17) is 17.3 Å². The normalized spacial score (nSPS) is 23.4. The number of carbonyl (C=O) groups is 1.